The number of nitrogens with zero attached hydrogens (tertiary/aromatic N) is 5. The van der Waals surface area contributed by atoms with Gasteiger partial charge in [0.25, 0.3) is 0 Å². The minimum atomic E-state index is -0.339. The van der Waals surface area contributed by atoms with Crippen molar-refractivity contribution in [1.82, 2.24) is 39.1 Å². The highest BCUT2D eigenvalue weighted by molar-refractivity contribution is 5.76. The number of hydrogen-bond donors (Lipinski definition) is 3. The summed E-state index contributed by atoms with van der Waals surface area (Å²) in [4.78, 5) is 48.9. The van der Waals surface area contributed by atoms with Crippen molar-refractivity contribution in [2.45, 2.75) is 75.5 Å². The van der Waals surface area contributed by atoms with Crippen LogP contribution in [0.25, 0.3) is 22.1 Å². The summed E-state index contributed by atoms with van der Waals surface area (Å²) in [6.07, 6.45) is 5.30. The summed E-state index contributed by atoms with van der Waals surface area (Å²) in [5.41, 5.74) is 2.55. The molecule has 0 spiro atoms. The lowest BCUT2D eigenvalue weighted by Gasteiger charge is -2.43. The van der Waals surface area contributed by atoms with Gasteiger partial charge in [0, 0.05) is 69.0 Å². The van der Waals surface area contributed by atoms with Crippen molar-refractivity contribution in [1.29, 1.82) is 0 Å². The number of nitrogens with one attached hydrogen (secondary N) is 3. The summed E-state index contributed by atoms with van der Waals surface area (Å²) >= 11 is 0. The molecule has 4 aromatic rings. The zero-order valence-corrected chi connectivity index (χ0v) is 29.1. The zero-order valence-electron chi connectivity index (χ0n) is 29.1. The molecule has 2 atom stereocenters. The zero-order chi connectivity index (χ0) is 35.2. The van der Waals surface area contributed by atoms with Crippen molar-refractivity contribution in [2.75, 3.05) is 59.5 Å². The molecule has 8 rings (SSSR count). The number of methoxy groups -OCH3 is 1. The molecule has 50 heavy (non-hydrogen) atoms. The Hall–Kier alpha value is -4.01. The first-order chi connectivity index (χ1) is 24.0. The molecule has 0 aliphatic carbocycles. The van der Waals surface area contributed by atoms with Crippen molar-refractivity contribution in [3.05, 3.63) is 69.0 Å². The average Bonchev–Trinajstić information content (AvgIpc) is 3.89. The van der Waals surface area contributed by atoms with Crippen LogP contribution in [0, 0.1) is 11.6 Å². The van der Waals surface area contributed by atoms with Crippen LogP contribution < -0.4 is 16.7 Å². The van der Waals surface area contributed by atoms with E-state index < -0.39 is 0 Å². The van der Waals surface area contributed by atoms with Crippen LogP contribution in [-0.2, 0) is 4.74 Å². The van der Waals surface area contributed by atoms with Crippen molar-refractivity contribution >= 4 is 28.2 Å². The number of H-pyrrole nitrogens is 2. The molecule has 270 valence electrons. The van der Waals surface area contributed by atoms with E-state index in [0.29, 0.717) is 35.2 Å². The van der Waals surface area contributed by atoms with Gasteiger partial charge in [0.15, 0.2) is 0 Å². The first-order valence-corrected chi connectivity index (χ1v) is 17.8. The number of carbonyl (C=O) groups is 1. The van der Waals surface area contributed by atoms with Crippen LogP contribution in [0.2, 0.25) is 0 Å². The molecule has 0 bridgehead atoms. The number of ether oxygens (including phenoxy) is 1. The van der Waals surface area contributed by atoms with Crippen LogP contribution in [0.4, 0.5) is 13.6 Å². The number of rotatable bonds is 4. The van der Waals surface area contributed by atoms with Crippen LogP contribution >= 0.6 is 0 Å². The number of imidazole rings is 2. The highest BCUT2D eigenvalue weighted by Crippen LogP contribution is 2.34. The molecular formula is C36H48F2N8O4. The highest BCUT2D eigenvalue weighted by atomic mass is 19.1. The summed E-state index contributed by atoms with van der Waals surface area (Å²) in [6.45, 7) is 11.6. The lowest BCUT2D eigenvalue weighted by atomic mass is 9.94. The number of halogens is 2. The van der Waals surface area contributed by atoms with E-state index >= 15 is 0 Å². The number of hydrogen-bond acceptors (Lipinski definition) is 7. The number of aromatic nitrogens is 4. The fraction of sp³-hybridized carbons (Fsp3) is 0.583. The van der Waals surface area contributed by atoms with E-state index in [1.54, 1.807) is 26.2 Å². The Kier molecular flexibility index (Phi) is 9.37. The fourth-order valence-corrected chi connectivity index (χ4v) is 8.80. The minimum Gasteiger partial charge on any atom is -0.453 e. The van der Waals surface area contributed by atoms with Gasteiger partial charge in [-0.25, -0.2) is 23.2 Å². The molecule has 0 radical (unpaired) electrons. The van der Waals surface area contributed by atoms with Gasteiger partial charge in [0.1, 0.15) is 11.6 Å². The maximum absolute atomic E-state index is 13.7. The van der Waals surface area contributed by atoms with Gasteiger partial charge in [-0.1, -0.05) is 0 Å². The van der Waals surface area contributed by atoms with E-state index in [1.807, 2.05) is 0 Å². The Morgan fingerprint density at radius 3 is 1.72 bits per heavy atom. The molecule has 6 heterocycles. The Balaban J connectivity index is 0.000000159. The molecule has 3 N–H and O–H groups in total. The van der Waals surface area contributed by atoms with E-state index in [4.69, 9.17) is 4.74 Å². The van der Waals surface area contributed by atoms with Gasteiger partial charge in [0.2, 0.25) is 0 Å². The smallest absolute Gasteiger partial charge is 0.409 e. The molecule has 0 saturated carbocycles. The highest BCUT2D eigenvalue weighted by Gasteiger charge is 2.42. The molecule has 4 saturated heterocycles. The number of piperidine rings is 2. The number of aromatic amines is 2. The van der Waals surface area contributed by atoms with Crippen LogP contribution in [-0.4, -0.2) is 110 Å². The van der Waals surface area contributed by atoms with Gasteiger partial charge in [-0.2, -0.15) is 0 Å². The third-order valence-electron chi connectivity index (χ3n) is 11.8. The lowest BCUT2D eigenvalue weighted by Crippen LogP contribution is -2.52. The molecule has 2 aromatic carbocycles. The largest absolute Gasteiger partial charge is 0.453 e. The van der Waals surface area contributed by atoms with E-state index in [0.717, 1.165) is 71.4 Å². The summed E-state index contributed by atoms with van der Waals surface area (Å²) in [5.74, 6) is -0.638. The molecule has 2 unspecified atom stereocenters. The molecule has 4 aliphatic rings. The summed E-state index contributed by atoms with van der Waals surface area (Å²) in [5, 5.41) is 3.44. The topological polar surface area (TPSA) is 124 Å². The second-order valence-corrected chi connectivity index (χ2v) is 14.9. The van der Waals surface area contributed by atoms with E-state index in [-0.39, 0.29) is 52.3 Å². The lowest BCUT2D eigenvalue weighted by molar-refractivity contribution is 0.0662. The van der Waals surface area contributed by atoms with Crippen molar-refractivity contribution in [2.24, 2.45) is 0 Å². The van der Waals surface area contributed by atoms with Crippen molar-refractivity contribution in [3.63, 3.8) is 0 Å². The second-order valence-electron chi connectivity index (χ2n) is 14.9. The van der Waals surface area contributed by atoms with Crippen molar-refractivity contribution in [3.8, 4) is 0 Å². The number of carbonyl (C=O) groups excluding carboxylic acids is 1. The SMILES string of the molecule is CC1(N2CCC(n3c(=O)[nH]c4ccc(F)cc43)CC2)CCNC1.COC(=O)N1CCC(C)(N2CCC(n3c(=O)[nH]c4ccc(F)cc43)CC2)C1. The van der Waals surface area contributed by atoms with E-state index in [9.17, 15) is 23.2 Å². The Labute approximate surface area is 289 Å². The van der Waals surface area contributed by atoms with Crippen molar-refractivity contribution < 1.29 is 18.3 Å². The molecule has 1 amide bonds. The molecule has 4 aliphatic heterocycles. The predicted octanol–water partition coefficient (Wildman–Crippen LogP) is 4.19. The summed E-state index contributed by atoms with van der Waals surface area (Å²) < 4.78 is 35.5. The van der Waals surface area contributed by atoms with Gasteiger partial charge in [-0.05, 0) is 95.3 Å². The summed E-state index contributed by atoms with van der Waals surface area (Å²) in [7, 11) is 1.41. The quantitative estimate of drug-likeness (QED) is 0.293. The van der Waals surface area contributed by atoms with Crippen LogP contribution in [0.15, 0.2) is 46.0 Å². The van der Waals surface area contributed by atoms with E-state index in [2.05, 4.69) is 38.9 Å². The van der Waals surface area contributed by atoms with Gasteiger partial charge < -0.3 is 24.9 Å². The first-order valence-electron chi connectivity index (χ1n) is 17.8. The van der Waals surface area contributed by atoms with Crippen LogP contribution in [0.5, 0.6) is 0 Å². The molecule has 12 nitrogen and oxygen atoms in total. The van der Waals surface area contributed by atoms with Crippen LogP contribution in [0.3, 0.4) is 0 Å². The van der Waals surface area contributed by atoms with Gasteiger partial charge in [-0.15, -0.1) is 0 Å². The van der Waals surface area contributed by atoms with Gasteiger partial charge in [-0.3, -0.25) is 18.9 Å². The first kappa shape index (κ1) is 34.4. The third-order valence-corrected chi connectivity index (χ3v) is 11.8. The standard InChI is InChI=1S/C19H25FN4O3.C17H23FN4O/c1-19(7-10-22(12-19)18(26)27-2)23-8-5-14(6-9-23)24-16-11-13(20)3-4-15(16)21-17(24)25;1-17(6-7-19-11-17)21-8-4-13(5-9-21)22-15-10-12(18)2-3-14(15)20-16(22)23/h3-4,11,14H,5-10,12H2,1-2H3,(H,21,25);2-3,10,13,19H,4-9,11H2,1H3,(H,20,23). The molecular weight excluding hydrogens is 646 g/mol. The second kappa shape index (κ2) is 13.6. The van der Waals surface area contributed by atoms with Gasteiger partial charge >= 0.3 is 17.5 Å². The summed E-state index contributed by atoms with van der Waals surface area (Å²) in [6, 6.07) is 9.08. The van der Waals surface area contributed by atoms with Crippen LogP contribution in [0.1, 0.15) is 64.5 Å². The Bertz CT molecular complexity index is 1960. The number of fused-ring (bicyclic) bond motifs is 2. The maximum atomic E-state index is 13.7. The molecule has 4 fully saturated rings. The monoisotopic (exact) mass is 694 g/mol. The fourth-order valence-electron chi connectivity index (χ4n) is 8.80. The number of likely N-dealkylation sites (tertiary alicyclic amines) is 3. The molecule has 2 aromatic heterocycles. The third kappa shape index (κ3) is 6.48. The van der Waals surface area contributed by atoms with E-state index in [1.165, 1.54) is 37.8 Å². The number of benzene rings is 2. The van der Waals surface area contributed by atoms with Gasteiger partial charge in [0.05, 0.1) is 29.2 Å². The molecule has 14 heteroatoms. The normalized spacial score (nSPS) is 25.7. The minimum absolute atomic E-state index is 0.0472. The Morgan fingerprint density at radius 2 is 1.26 bits per heavy atom. The Morgan fingerprint density at radius 1 is 0.760 bits per heavy atom. The average molecular weight is 695 g/mol. The maximum Gasteiger partial charge on any atom is 0.409 e. The number of amides is 1. The predicted molar refractivity (Wildman–Crippen MR) is 188 cm³/mol.